The molecule has 0 aromatic rings. The third-order valence-corrected chi connectivity index (χ3v) is 3.25. The summed E-state index contributed by atoms with van der Waals surface area (Å²) >= 11 is 0. The number of hydrogen-bond acceptors (Lipinski definition) is 2. The lowest BCUT2D eigenvalue weighted by Gasteiger charge is -2.22. The van der Waals surface area contributed by atoms with Gasteiger partial charge in [0.2, 0.25) is 0 Å². The molecule has 0 unspecified atom stereocenters. The number of nitrogens with one attached hydrogen (secondary N) is 1. The largest absolute Gasteiger partial charge is 0.310 e. The molecule has 0 radical (unpaired) electrons. The highest BCUT2D eigenvalue weighted by atomic mass is 19.2. The van der Waals surface area contributed by atoms with Gasteiger partial charge in [-0.15, -0.1) is 0 Å². The van der Waals surface area contributed by atoms with E-state index in [0.717, 1.165) is 0 Å². The van der Waals surface area contributed by atoms with Gasteiger partial charge in [-0.25, -0.2) is 8.78 Å². The topological polar surface area (TPSA) is 15.3 Å². The minimum atomic E-state index is -1.66. The number of rotatable bonds is 1. The van der Waals surface area contributed by atoms with Gasteiger partial charge in [0.25, 0.3) is 0 Å². The zero-order chi connectivity index (χ0) is 9.69. The van der Waals surface area contributed by atoms with Crippen LogP contribution in [0.2, 0.25) is 0 Å². The van der Waals surface area contributed by atoms with Gasteiger partial charge < -0.3 is 5.32 Å². The average molecular weight is 190 g/mol. The zero-order valence-corrected chi connectivity index (χ0v) is 8.11. The van der Waals surface area contributed by atoms with Gasteiger partial charge in [0, 0.05) is 32.2 Å². The van der Waals surface area contributed by atoms with Crippen molar-refractivity contribution >= 4 is 0 Å². The average Bonchev–Trinajstić information content (AvgIpc) is 2.38. The fraction of sp³-hybridized carbons (Fsp3) is 1.00. The summed E-state index contributed by atoms with van der Waals surface area (Å²) in [5, 5.41) is 2.79. The van der Waals surface area contributed by atoms with Crippen molar-refractivity contribution in [2.75, 3.05) is 26.2 Å². The highest BCUT2D eigenvalue weighted by Crippen LogP contribution is 2.41. The van der Waals surface area contributed by atoms with Crippen molar-refractivity contribution in [2.45, 2.75) is 31.2 Å². The Labute approximate surface area is 77.3 Å². The van der Waals surface area contributed by atoms with E-state index in [-0.39, 0.29) is 32.2 Å². The van der Waals surface area contributed by atoms with Crippen molar-refractivity contribution in [3.05, 3.63) is 0 Å². The fourth-order valence-corrected chi connectivity index (χ4v) is 2.24. The van der Waals surface area contributed by atoms with E-state index in [2.05, 4.69) is 5.32 Å². The van der Waals surface area contributed by atoms with E-state index >= 15 is 0 Å². The van der Waals surface area contributed by atoms with Gasteiger partial charge in [-0.2, -0.15) is 0 Å². The molecule has 0 amide bonds. The molecule has 2 atom stereocenters. The minimum absolute atomic E-state index is 0.159. The third kappa shape index (κ3) is 1.19. The molecule has 76 valence electrons. The highest BCUT2D eigenvalue weighted by molar-refractivity contribution is 5.16. The maximum absolute atomic E-state index is 14.0. The summed E-state index contributed by atoms with van der Waals surface area (Å²) in [6.07, 6.45) is 0. The minimum Gasteiger partial charge on any atom is -0.310 e. The Kier molecular flexibility index (Phi) is 1.90. The van der Waals surface area contributed by atoms with Crippen LogP contribution in [0.5, 0.6) is 0 Å². The lowest BCUT2D eigenvalue weighted by Crippen LogP contribution is -2.44. The lowest BCUT2D eigenvalue weighted by atomic mass is 9.94. The predicted octanol–water partition coefficient (Wildman–Crippen LogP) is 0.730. The van der Waals surface area contributed by atoms with Gasteiger partial charge in [0.05, 0.1) is 0 Å². The van der Waals surface area contributed by atoms with Crippen LogP contribution >= 0.6 is 0 Å². The molecule has 1 N–H and O–H groups in total. The molecule has 2 nitrogen and oxygen atoms in total. The number of alkyl halides is 2. The molecule has 13 heavy (non-hydrogen) atoms. The van der Waals surface area contributed by atoms with Crippen molar-refractivity contribution < 1.29 is 8.78 Å². The standard InChI is InChI=1S/C9H16F2N2/c1-7(2)13-5-8(10)3-12-4-9(8,11)6-13/h7,12H,3-6H2,1-2H3/t8-,9+. The Hall–Kier alpha value is -0.220. The Balaban J connectivity index is 2.18. The number of hydrogen-bond donors (Lipinski definition) is 1. The second-order valence-electron chi connectivity index (χ2n) is 4.53. The maximum atomic E-state index is 14.0. The van der Waals surface area contributed by atoms with Gasteiger partial charge in [-0.05, 0) is 13.8 Å². The van der Waals surface area contributed by atoms with Crippen LogP contribution in [0.1, 0.15) is 13.8 Å². The van der Waals surface area contributed by atoms with Crippen LogP contribution < -0.4 is 5.32 Å². The van der Waals surface area contributed by atoms with Gasteiger partial charge in [0.15, 0.2) is 11.3 Å². The van der Waals surface area contributed by atoms with Crippen molar-refractivity contribution in [2.24, 2.45) is 0 Å². The molecule has 0 saturated carbocycles. The maximum Gasteiger partial charge on any atom is 0.172 e. The Morgan fingerprint density at radius 2 is 1.62 bits per heavy atom. The van der Waals surface area contributed by atoms with E-state index in [1.807, 2.05) is 18.7 Å². The Bertz CT molecular complexity index is 204. The first kappa shape index (κ1) is 9.34. The van der Waals surface area contributed by atoms with Crippen molar-refractivity contribution in [1.82, 2.24) is 10.2 Å². The zero-order valence-electron chi connectivity index (χ0n) is 8.11. The number of nitrogens with zero attached hydrogens (tertiary/aromatic N) is 1. The molecular formula is C9H16F2N2. The normalized spacial score (nSPS) is 45.9. The summed E-state index contributed by atoms with van der Waals surface area (Å²) in [4.78, 5) is 1.88. The van der Waals surface area contributed by atoms with E-state index in [1.165, 1.54) is 0 Å². The lowest BCUT2D eigenvalue weighted by molar-refractivity contribution is 0.0491. The Morgan fingerprint density at radius 3 is 2.00 bits per heavy atom. The molecule has 2 fully saturated rings. The van der Waals surface area contributed by atoms with Crippen molar-refractivity contribution in [3.63, 3.8) is 0 Å². The molecule has 2 heterocycles. The molecule has 0 aliphatic carbocycles. The van der Waals surface area contributed by atoms with Crippen LogP contribution in [-0.2, 0) is 0 Å². The van der Waals surface area contributed by atoms with E-state index in [9.17, 15) is 8.78 Å². The first-order valence-corrected chi connectivity index (χ1v) is 4.79. The smallest absolute Gasteiger partial charge is 0.172 e. The van der Waals surface area contributed by atoms with E-state index in [4.69, 9.17) is 0 Å². The third-order valence-electron chi connectivity index (χ3n) is 3.25. The summed E-state index contributed by atoms with van der Waals surface area (Å²) in [5.41, 5.74) is -3.31. The van der Waals surface area contributed by atoms with Crippen LogP contribution in [-0.4, -0.2) is 48.5 Å². The first-order valence-electron chi connectivity index (χ1n) is 4.79. The summed E-state index contributed by atoms with van der Waals surface area (Å²) < 4.78 is 28.0. The van der Waals surface area contributed by atoms with E-state index in [0.29, 0.717) is 0 Å². The molecule has 4 heteroatoms. The van der Waals surface area contributed by atoms with Crippen LogP contribution in [0, 0.1) is 0 Å². The molecule has 0 spiro atoms. The number of fused-ring (bicyclic) bond motifs is 1. The van der Waals surface area contributed by atoms with Crippen molar-refractivity contribution in [1.29, 1.82) is 0 Å². The second kappa shape index (κ2) is 2.64. The van der Waals surface area contributed by atoms with Gasteiger partial charge in [0.1, 0.15) is 0 Å². The van der Waals surface area contributed by atoms with E-state index in [1.54, 1.807) is 0 Å². The predicted molar refractivity (Wildman–Crippen MR) is 47.3 cm³/mol. The molecule has 0 aromatic carbocycles. The highest BCUT2D eigenvalue weighted by Gasteiger charge is 2.63. The van der Waals surface area contributed by atoms with Gasteiger partial charge in [-0.1, -0.05) is 0 Å². The van der Waals surface area contributed by atoms with Crippen molar-refractivity contribution in [3.8, 4) is 0 Å². The SMILES string of the molecule is CC(C)N1C[C@]2(F)CNC[C@]2(F)C1. The monoisotopic (exact) mass is 190 g/mol. The molecular weight excluding hydrogens is 174 g/mol. The van der Waals surface area contributed by atoms with Crippen LogP contribution in [0.15, 0.2) is 0 Å². The molecule has 2 rings (SSSR count). The van der Waals surface area contributed by atoms with E-state index < -0.39 is 11.3 Å². The van der Waals surface area contributed by atoms with Crippen LogP contribution in [0.4, 0.5) is 8.78 Å². The summed E-state index contributed by atoms with van der Waals surface area (Å²) in [6, 6.07) is 0.228. The molecule has 2 saturated heterocycles. The molecule has 0 aromatic heterocycles. The molecule has 0 bridgehead atoms. The summed E-state index contributed by atoms with van der Waals surface area (Å²) in [5.74, 6) is 0. The molecule has 2 aliphatic rings. The quantitative estimate of drug-likeness (QED) is 0.655. The number of likely N-dealkylation sites (tertiary alicyclic amines) is 1. The van der Waals surface area contributed by atoms with Crippen LogP contribution in [0.3, 0.4) is 0 Å². The first-order chi connectivity index (χ1) is 5.97. The summed E-state index contributed by atoms with van der Waals surface area (Å²) in [7, 11) is 0. The Morgan fingerprint density at radius 1 is 1.15 bits per heavy atom. The fourth-order valence-electron chi connectivity index (χ4n) is 2.24. The molecule has 2 aliphatic heterocycles. The van der Waals surface area contributed by atoms with Crippen LogP contribution in [0.25, 0.3) is 0 Å². The second-order valence-corrected chi connectivity index (χ2v) is 4.53. The summed E-state index contributed by atoms with van der Waals surface area (Å²) in [6.45, 7) is 4.73. The van der Waals surface area contributed by atoms with Gasteiger partial charge >= 0.3 is 0 Å². The number of halogens is 2. The van der Waals surface area contributed by atoms with Gasteiger partial charge in [-0.3, -0.25) is 4.90 Å².